The molecule has 5 nitrogen and oxygen atoms in total. The van der Waals surface area contributed by atoms with E-state index in [1.54, 1.807) is 0 Å². The highest BCUT2D eigenvalue weighted by atomic mass is 19.3. The van der Waals surface area contributed by atoms with Gasteiger partial charge >= 0.3 is 12.0 Å². The second-order valence-electron chi connectivity index (χ2n) is 3.20. The highest BCUT2D eigenvalue weighted by Crippen LogP contribution is 1.97. The molecule has 0 saturated heterocycles. The van der Waals surface area contributed by atoms with Gasteiger partial charge in [0, 0.05) is 13.6 Å². The molecule has 0 radical (unpaired) electrons. The summed E-state index contributed by atoms with van der Waals surface area (Å²) in [6.07, 6.45) is -2.60. The third-order valence-electron chi connectivity index (χ3n) is 1.74. The van der Waals surface area contributed by atoms with Crippen LogP contribution in [0.2, 0.25) is 0 Å². The molecule has 2 N–H and O–H groups in total. The summed E-state index contributed by atoms with van der Waals surface area (Å²) in [5, 5.41) is 10.7. The first-order chi connectivity index (χ1) is 6.84. The fourth-order valence-electron chi connectivity index (χ4n) is 0.753. The number of rotatable bonds is 5. The number of nitrogens with one attached hydrogen (secondary N) is 1. The maximum atomic E-state index is 11.9. The van der Waals surface area contributed by atoms with Crippen molar-refractivity contribution in [2.45, 2.75) is 13.3 Å². The zero-order chi connectivity index (χ0) is 12.0. The van der Waals surface area contributed by atoms with E-state index in [0.717, 1.165) is 4.90 Å². The number of urea groups is 1. The maximum absolute atomic E-state index is 11.9. The molecule has 0 bridgehead atoms. The molecule has 0 rings (SSSR count). The van der Waals surface area contributed by atoms with Crippen LogP contribution < -0.4 is 5.32 Å². The van der Waals surface area contributed by atoms with E-state index in [4.69, 9.17) is 5.11 Å². The van der Waals surface area contributed by atoms with Gasteiger partial charge in [0.2, 0.25) is 0 Å². The predicted molar refractivity (Wildman–Crippen MR) is 48.8 cm³/mol. The Kier molecular flexibility index (Phi) is 5.58. The summed E-state index contributed by atoms with van der Waals surface area (Å²) in [5.74, 6) is -1.79. The van der Waals surface area contributed by atoms with E-state index in [9.17, 15) is 18.4 Å². The average Bonchev–Trinajstić information content (AvgIpc) is 2.12. The molecule has 0 spiro atoms. The Labute approximate surface area is 86.1 Å². The Bertz CT molecular complexity index is 236. The lowest BCUT2D eigenvalue weighted by Gasteiger charge is -2.18. The van der Waals surface area contributed by atoms with E-state index >= 15 is 0 Å². The number of carbonyl (C=O) groups is 2. The van der Waals surface area contributed by atoms with Crippen LogP contribution in [-0.2, 0) is 4.79 Å². The average molecular weight is 224 g/mol. The van der Waals surface area contributed by atoms with Crippen molar-refractivity contribution in [3.05, 3.63) is 0 Å². The fraction of sp³-hybridized carbons (Fsp3) is 0.750. The van der Waals surface area contributed by atoms with E-state index in [-0.39, 0.29) is 6.54 Å². The monoisotopic (exact) mass is 224 g/mol. The van der Waals surface area contributed by atoms with Gasteiger partial charge in [-0.25, -0.2) is 13.6 Å². The number of carboxylic acid groups (broad SMARTS) is 1. The van der Waals surface area contributed by atoms with Gasteiger partial charge in [0.05, 0.1) is 12.5 Å². The highest BCUT2D eigenvalue weighted by molar-refractivity contribution is 5.75. The van der Waals surface area contributed by atoms with Crippen molar-refractivity contribution in [2.24, 2.45) is 5.92 Å². The summed E-state index contributed by atoms with van der Waals surface area (Å²) in [5.41, 5.74) is 0. The van der Waals surface area contributed by atoms with Crippen molar-refractivity contribution in [1.82, 2.24) is 10.2 Å². The summed E-state index contributed by atoms with van der Waals surface area (Å²) < 4.78 is 23.7. The van der Waals surface area contributed by atoms with Gasteiger partial charge in [0.25, 0.3) is 6.43 Å². The second kappa shape index (κ2) is 6.15. The zero-order valence-corrected chi connectivity index (χ0v) is 8.54. The molecule has 88 valence electrons. The molecule has 1 atom stereocenters. The van der Waals surface area contributed by atoms with Gasteiger partial charge in [-0.3, -0.25) is 4.79 Å². The molecular formula is C8H14F2N2O3. The number of hydrogen-bond acceptors (Lipinski definition) is 2. The van der Waals surface area contributed by atoms with Crippen LogP contribution in [0.3, 0.4) is 0 Å². The van der Waals surface area contributed by atoms with Crippen LogP contribution >= 0.6 is 0 Å². The second-order valence-corrected chi connectivity index (χ2v) is 3.20. The van der Waals surface area contributed by atoms with Crippen molar-refractivity contribution >= 4 is 12.0 Å². The largest absolute Gasteiger partial charge is 0.481 e. The Balaban J connectivity index is 3.88. The van der Waals surface area contributed by atoms with E-state index in [2.05, 4.69) is 5.32 Å². The van der Waals surface area contributed by atoms with Crippen LogP contribution in [0.4, 0.5) is 13.6 Å². The third-order valence-corrected chi connectivity index (χ3v) is 1.74. The summed E-state index contributed by atoms with van der Waals surface area (Å²) in [6, 6.07) is -0.705. The Morgan fingerprint density at radius 1 is 1.47 bits per heavy atom. The zero-order valence-electron chi connectivity index (χ0n) is 8.54. The molecule has 0 aromatic carbocycles. The number of carbonyl (C=O) groups excluding carboxylic acids is 1. The van der Waals surface area contributed by atoms with E-state index in [1.807, 2.05) is 0 Å². The first-order valence-corrected chi connectivity index (χ1v) is 4.34. The first kappa shape index (κ1) is 13.6. The molecule has 0 saturated carbocycles. The van der Waals surface area contributed by atoms with Crippen LogP contribution in [0.25, 0.3) is 0 Å². The smallest absolute Gasteiger partial charge is 0.317 e. The van der Waals surface area contributed by atoms with Crippen molar-refractivity contribution in [3.8, 4) is 0 Å². The lowest BCUT2D eigenvalue weighted by Crippen LogP contribution is -2.42. The maximum Gasteiger partial charge on any atom is 0.317 e. The molecule has 0 aliphatic carbocycles. The molecule has 2 amide bonds. The van der Waals surface area contributed by atoms with Gasteiger partial charge in [-0.2, -0.15) is 0 Å². The summed E-state index contributed by atoms with van der Waals surface area (Å²) in [6.45, 7) is 0.657. The van der Waals surface area contributed by atoms with Crippen molar-refractivity contribution in [3.63, 3.8) is 0 Å². The standard InChI is InChI=1S/C8H14F2N2O3/c1-5(7(13)14)3-11-8(15)12(2)4-6(9)10/h5-6H,3-4H2,1-2H3,(H,11,15)(H,13,14). The fourth-order valence-corrected chi connectivity index (χ4v) is 0.753. The Hall–Kier alpha value is -1.40. The summed E-state index contributed by atoms with van der Waals surface area (Å²) in [4.78, 5) is 22.3. The number of carboxylic acids is 1. The van der Waals surface area contributed by atoms with E-state index in [0.29, 0.717) is 0 Å². The molecule has 0 aliphatic heterocycles. The number of nitrogens with zero attached hydrogens (tertiary/aromatic N) is 1. The molecular weight excluding hydrogens is 210 g/mol. The quantitative estimate of drug-likeness (QED) is 0.719. The first-order valence-electron chi connectivity index (χ1n) is 4.34. The molecule has 0 fully saturated rings. The summed E-state index contributed by atoms with van der Waals surface area (Å²) >= 11 is 0. The van der Waals surface area contributed by atoms with Gasteiger partial charge in [0.1, 0.15) is 0 Å². The van der Waals surface area contributed by atoms with Crippen molar-refractivity contribution < 1.29 is 23.5 Å². The van der Waals surface area contributed by atoms with Gasteiger partial charge in [0.15, 0.2) is 0 Å². The van der Waals surface area contributed by atoms with E-state index in [1.165, 1.54) is 14.0 Å². The minimum Gasteiger partial charge on any atom is -0.481 e. The molecule has 1 unspecified atom stereocenters. The van der Waals surface area contributed by atoms with Gasteiger partial charge < -0.3 is 15.3 Å². The molecule has 0 heterocycles. The number of halogens is 2. The number of aliphatic carboxylic acids is 1. The SMILES string of the molecule is CC(CNC(=O)N(C)CC(F)F)C(=O)O. The lowest BCUT2D eigenvalue weighted by molar-refractivity contribution is -0.140. The Morgan fingerprint density at radius 3 is 2.40 bits per heavy atom. The normalized spacial score (nSPS) is 12.3. The molecule has 0 aromatic heterocycles. The van der Waals surface area contributed by atoms with Gasteiger partial charge in [-0.1, -0.05) is 6.92 Å². The highest BCUT2D eigenvalue weighted by Gasteiger charge is 2.16. The molecule has 7 heteroatoms. The molecule has 0 aromatic rings. The summed E-state index contributed by atoms with van der Waals surface area (Å²) in [7, 11) is 1.22. The number of hydrogen-bond donors (Lipinski definition) is 2. The van der Waals surface area contributed by atoms with Crippen molar-refractivity contribution in [1.29, 1.82) is 0 Å². The van der Waals surface area contributed by atoms with Crippen LogP contribution in [0.1, 0.15) is 6.92 Å². The van der Waals surface area contributed by atoms with Crippen LogP contribution in [0.15, 0.2) is 0 Å². The van der Waals surface area contributed by atoms with E-state index < -0.39 is 30.9 Å². The minimum absolute atomic E-state index is 0.0816. The predicted octanol–water partition coefficient (Wildman–Crippen LogP) is 0.614. The van der Waals surface area contributed by atoms with Crippen LogP contribution in [0.5, 0.6) is 0 Å². The van der Waals surface area contributed by atoms with Crippen LogP contribution in [0, 0.1) is 5.92 Å². The van der Waals surface area contributed by atoms with Gasteiger partial charge in [-0.05, 0) is 0 Å². The van der Waals surface area contributed by atoms with Crippen molar-refractivity contribution in [2.75, 3.05) is 20.1 Å². The third kappa shape index (κ3) is 5.82. The number of alkyl halides is 2. The topological polar surface area (TPSA) is 69.6 Å². The number of amides is 2. The lowest BCUT2D eigenvalue weighted by atomic mass is 10.2. The minimum atomic E-state index is -2.60. The molecule has 15 heavy (non-hydrogen) atoms. The Morgan fingerprint density at radius 2 is 2.00 bits per heavy atom. The van der Waals surface area contributed by atoms with Gasteiger partial charge in [-0.15, -0.1) is 0 Å². The van der Waals surface area contributed by atoms with Crippen LogP contribution in [-0.4, -0.2) is 48.6 Å². The molecule has 0 aliphatic rings.